The molecule has 2 fully saturated rings. The van der Waals surface area contributed by atoms with E-state index in [0.29, 0.717) is 32.1 Å². The van der Waals surface area contributed by atoms with Gasteiger partial charge in [0.15, 0.2) is 35.7 Å². The molecule has 13 N–H and O–H groups in total. The number of rotatable bonds is 19. The van der Waals surface area contributed by atoms with Crippen molar-refractivity contribution in [3.8, 4) is 34.5 Å². The van der Waals surface area contributed by atoms with Crippen molar-refractivity contribution in [2.24, 2.45) is 10.8 Å². The van der Waals surface area contributed by atoms with Crippen molar-refractivity contribution in [2.75, 3.05) is 20.8 Å². The van der Waals surface area contributed by atoms with Crippen molar-refractivity contribution in [3.63, 3.8) is 0 Å². The van der Waals surface area contributed by atoms with E-state index >= 15 is 0 Å². The number of aliphatic hydroxyl groups excluding tert-OH is 3. The second-order valence-corrected chi connectivity index (χ2v) is 30.3. The number of fused-ring (bicyclic) bond motifs is 6. The van der Waals surface area contributed by atoms with E-state index in [1.165, 1.54) is 64.5 Å². The first kappa shape index (κ1) is 82.9. The highest BCUT2D eigenvalue weighted by Crippen LogP contribution is 2.55. The quantitative estimate of drug-likeness (QED) is 0.0304. The summed E-state index contributed by atoms with van der Waals surface area (Å²) >= 11 is 0. The Kier molecular flexibility index (Phi) is 24.4. The molecule has 16 atom stereocenters. The summed E-state index contributed by atoms with van der Waals surface area (Å²) in [6, 6.07) is 6.58. The number of Topliss-reactive ketones (excluding diaryl/α,β-unsaturated/α-hetero) is 3. The molecule has 602 valence electrons. The Bertz CT molecular complexity index is 4540. The topological polar surface area (TPSA) is 508 Å². The third-order valence-corrected chi connectivity index (χ3v) is 23.0. The molecule has 2 heterocycles. The van der Waals surface area contributed by atoms with E-state index in [4.69, 9.17) is 43.0 Å². The molecule has 0 saturated carbocycles. The molecule has 0 radical (unpaired) electrons. The molecule has 2 aliphatic heterocycles. The summed E-state index contributed by atoms with van der Waals surface area (Å²) in [5, 5.41) is 126. The number of carbonyl (C=O) groups excluding carboxylic acids is 9. The number of carboxylic acids is 2. The van der Waals surface area contributed by atoms with E-state index in [-0.39, 0.29) is 113 Å². The van der Waals surface area contributed by atoms with Crippen LogP contribution in [0.2, 0.25) is 0 Å². The van der Waals surface area contributed by atoms with Gasteiger partial charge in [-0.1, -0.05) is 50.3 Å². The van der Waals surface area contributed by atoms with E-state index < -0.39 is 232 Å². The summed E-state index contributed by atoms with van der Waals surface area (Å²) in [5.41, 5.74) is -9.57. The van der Waals surface area contributed by atoms with Crippen LogP contribution in [0.3, 0.4) is 0 Å². The number of methoxy groups -OCH3 is 2. The first-order chi connectivity index (χ1) is 52.9. The standard InChI is InChI=1S/C41H47NO16.C39H45NO14/c1-19-34(48)23(42-39(53)57-20-7-4-5-13-40(2,14-12-20)26(44)10-11-28(46)47)15-29(56-19)58-25-17-41(54,27(45)18-43)16-22-31(25)38(52)33-32(36(22)50)35(49)21-8-6-9-24(55-3)30(21)37(33)51;1-5-25(41)39(50)16-21-28(35(46)30-29(33(21)44)32(43)20-10-8-11-23(51-4)27(20)34(30)45)24(17-39)54-26-15-22(31(42)18(2)52-26)40-37(49)53-19-9-6-7-13-38(3,14-12-19)36(47)48/h4,6-9,19-20,23,25,29,34,43,48,50,52,54H,5,10-18H2,1-3H3,(H,42,53)(H,46,47);6,8-11,18-19,22,24,26,31,42,44,46,50H,5,7,12-17H2,1-4H3,(H,40,49)(H,47,48)/b7-4+;9-6+/t19?,20-,23-,25+,29+,34-,40+,41+;18?,19-,22-,24+,26+,31-,38+,39+/m11/s1. The van der Waals surface area contributed by atoms with Crippen molar-refractivity contribution in [2.45, 2.75) is 228 Å². The average molecular weight is 1560 g/mol. The summed E-state index contributed by atoms with van der Waals surface area (Å²) in [4.78, 5) is 144. The summed E-state index contributed by atoms with van der Waals surface area (Å²) < 4.78 is 46.3. The van der Waals surface area contributed by atoms with E-state index in [1.807, 2.05) is 0 Å². The minimum Gasteiger partial charge on any atom is -0.507 e. The fourth-order valence-corrected chi connectivity index (χ4v) is 16.4. The number of ether oxygens (including phenoxy) is 8. The van der Waals surface area contributed by atoms with Crippen LogP contribution in [0.5, 0.6) is 34.5 Å². The molecule has 2 amide bonds. The van der Waals surface area contributed by atoms with Crippen molar-refractivity contribution >= 4 is 64.6 Å². The predicted molar refractivity (Wildman–Crippen MR) is 386 cm³/mol. The van der Waals surface area contributed by atoms with Gasteiger partial charge in [-0.05, 0) is 96.4 Å². The summed E-state index contributed by atoms with van der Waals surface area (Å²) in [7, 11) is 2.61. The summed E-state index contributed by atoms with van der Waals surface area (Å²) in [5.74, 6) is -9.87. The molecule has 4 aromatic carbocycles. The van der Waals surface area contributed by atoms with Crippen LogP contribution in [0.4, 0.5) is 9.59 Å². The highest BCUT2D eigenvalue weighted by atomic mass is 16.7. The number of aliphatic hydroxyl groups is 5. The monoisotopic (exact) mass is 1560 g/mol. The predicted octanol–water partition coefficient (Wildman–Crippen LogP) is 6.48. The molecule has 2 unspecified atom stereocenters. The van der Waals surface area contributed by atoms with Crippen LogP contribution >= 0.6 is 0 Å². The number of carboxylic acid groups (broad SMARTS) is 2. The van der Waals surface area contributed by atoms with Gasteiger partial charge in [0.25, 0.3) is 0 Å². The Morgan fingerprint density at radius 3 is 1.36 bits per heavy atom. The number of allylic oxidation sites excluding steroid dienone is 2. The van der Waals surface area contributed by atoms with Gasteiger partial charge >= 0.3 is 24.1 Å². The molecule has 8 aliphatic rings. The molecule has 32 nitrogen and oxygen atoms in total. The van der Waals surface area contributed by atoms with E-state index in [0.717, 1.165) is 0 Å². The largest absolute Gasteiger partial charge is 0.507 e. The zero-order chi connectivity index (χ0) is 81.5. The van der Waals surface area contributed by atoms with E-state index in [1.54, 1.807) is 45.1 Å². The maximum atomic E-state index is 14.0. The lowest BCUT2D eigenvalue weighted by Gasteiger charge is -2.43. The van der Waals surface area contributed by atoms with Gasteiger partial charge in [0.2, 0.25) is 11.6 Å². The number of phenols is 4. The SMILES string of the molecule is CCC(=O)[C@]1(O)Cc2c(O)c3c(c(O)c2[C@@H](O[C@H]2C[C@@H](NC(=O)O[C@@H]4/C=C/CC[C@](C)(C(=O)O)CC4)[C@H](O)C(C)O2)C1)C(=O)c1c(OC)cccc1C3=O.COc1cccc2c1C(=O)c1c(O)c3c(c(O)c1C2=O)C[C@@](O)(C(=O)CO)C[C@@H]3O[C@H]1C[C@@H](NC(=O)O[C@@H]2/C=C/CC[C@](C)(C(=O)CCC(=O)O)CC2)[C@H](O)C(C)O1. The van der Waals surface area contributed by atoms with Crippen LogP contribution in [0, 0.1) is 10.8 Å². The van der Waals surface area contributed by atoms with Gasteiger partial charge in [0.05, 0.1) is 95.9 Å². The fourth-order valence-electron chi connectivity index (χ4n) is 16.4. The molecule has 4 aromatic rings. The second-order valence-electron chi connectivity index (χ2n) is 30.3. The Balaban J connectivity index is 0.000000222. The fraction of sp³-hybridized carbons (Fsp3) is 0.512. The maximum Gasteiger partial charge on any atom is 0.408 e. The van der Waals surface area contributed by atoms with Crippen molar-refractivity contribution in [1.29, 1.82) is 0 Å². The van der Waals surface area contributed by atoms with Crippen molar-refractivity contribution < 1.29 is 147 Å². The van der Waals surface area contributed by atoms with Gasteiger partial charge < -0.3 is 105 Å². The molecule has 2 saturated heterocycles. The van der Waals surface area contributed by atoms with Gasteiger partial charge in [-0.2, -0.15) is 0 Å². The van der Waals surface area contributed by atoms with Crippen LogP contribution < -0.4 is 20.1 Å². The van der Waals surface area contributed by atoms with Gasteiger partial charge in [0, 0.05) is 90.2 Å². The number of hydrogen-bond acceptors (Lipinski definition) is 28. The number of aromatic hydroxyl groups is 4. The van der Waals surface area contributed by atoms with E-state index in [2.05, 4.69) is 10.6 Å². The van der Waals surface area contributed by atoms with Crippen molar-refractivity contribution in [1.82, 2.24) is 10.6 Å². The number of hydrogen-bond donors (Lipinski definition) is 13. The normalized spacial score (nSPS) is 30.4. The first-order valence-corrected chi connectivity index (χ1v) is 37.1. The highest BCUT2D eigenvalue weighted by molar-refractivity contribution is 6.32. The van der Waals surface area contributed by atoms with Gasteiger partial charge in [0.1, 0.15) is 82.5 Å². The lowest BCUT2D eigenvalue weighted by atomic mass is 9.71. The van der Waals surface area contributed by atoms with Crippen LogP contribution in [0.1, 0.15) is 229 Å². The van der Waals surface area contributed by atoms with Gasteiger partial charge in [-0.3, -0.25) is 43.2 Å². The number of aliphatic carboxylic acids is 2. The zero-order valence-electron chi connectivity index (χ0n) is 62.6. The molecule has 0 bridgehead atoms. The van der Waals surface area contributed by atoms with Gasteiger partial charge in [-0.15, -0.1) is 0 Å². The molecule has 0 spiro atoms. The number of benzene rings is 4. The Morgan fingerprint density at radius 1 is 0.545 bits per heavy atom. The Labute approximate surface area is 641 Å². The number of carbonyl (C=O) groups is 11. The summed E-state index contributed by atoms with van der Waals surface area (Å²) in [6.07, 6.45) is -6.26. The minimum absolute atomic E-state index is 0.0427. The number of alkyl carbamates (subject to hydrolysis) is 2. The van der Waals surface area contributed by atoms with Gasteiger partial charge in [-0.25, -0.2) is 9.59 Å². The third kappa shape index (κ3) is 16.1. The molecule has 0 aromatic heterocycles. The highest BCUT2D eigenvalue weighted by Gasteiger charge is 2.54. The maximum absolute atomic E-state index is 14.0. The van der Waals surface area contributed by atoms with Crippen LogP contribution in [-0.2, 0) is 65.2 Å². The lowest BCUT2D eigenvalue weighted by molar-refractivity contribution is -0.249. The smallest absolute Gasteiger partial charge is 0.408 e. The summed E-state index contributed by atoms with van der Waals surface area (Å²) in [6.45, 7) is 6.89. The van der Waals surface area contributed by atoms with Crippen LogP contribution in [0.25, 0.3) is 0 Å². The van der Waals surface area contributed by atoms with Crippen LogP contribution in [0.15, 0.2) is 60.7 Å². The molecular formula is C80H92N2O30. The molecule has 12 rings (SSSR count). The zero-order valence-corrected chi connectivity index (χ0v) is 62.6. The number of amides is 2. The van der Waals surface area contributed by atoms with Crippen LogP contribution in [-0.4, -0.2) is 214 Å². The molecule has 6 aliphatic carbocycles. The number of ketones is 7. The average Bonchev–Trinajstić information content (AvgIpc) is 0.714. The molecule has 112 heavy (non-hydrogen) atoms. The Hall–Kier alpha value is -10.0. The van der Waals surface area contributed by atoms with E-state index in [9.17, 15) is 104 Å². The molecular weight excluding hydrogens is 1470 g/mol. The third-order valence-electron chi connectivity index (χ3n) is 23.0. The number of nitrogens with one attached hydrogen (secondary N) is 2. The first-order valence-electron chi connectivity index (χ1n) is 37.1. The lowest BCUT2D eigenvalue weighted by Crippen LogP contribution is -2.56. The van der Waals surface area contributed by atoms with Crippen molar-refractivity contribution in [3.05, 3.63) is 127 Å². The second kappa shape index (κ2) is 33.0. The minimum atomic E-state index is -2.38. The number of phenolic OH excluding ortho intramolecular Hbond substituents is 4. The Morgan fingerprint density at radius 2 is 0.955 bits per heavy atom. The molecule has 32 heteroatoms.